The number of cyclic esters (lactones) is 1. The quantitative estimate of drug-likeness (QED) is 0.573. The maximum absolute atomic E-state index is 13.5. The first-order valence-corrected chi connectivity index (χ1v) is 12.0. The Hall–Kier alpha value is -2.90. The summed E-state index contributed by atoms with van der Waals surface area (Å²) >= 11 is 0. The first-order chi connectivity index (χ1) is 15.6. The maximum atomic E-state index is 13.5. The highest BCUT2D eigenvalue weighted by molar-refractivity contribution is 7.83. The monoisotopic (exact) mass is 450 g/mol. The van der Waals surface area contributed by atoms with E-state index in [2.05, 4.69) is 13.0 Å². The lowest BCUT2D eigenvalue weighted by molar-refractivity contribution is 0.135. The number of fused-ring (bicyclic) bond motifs is 2. The molecule has 32 heavy (non-hydrogen) atoms. The van der Waals surface area contributed by atoms with E-state index in [4.69, 9.17) is 9.47 Å². The molecule has 0 bridgehead atoms. The molecular formula is C25H26N2O4S. The molecule has 3 aromatic carbocycles. The van der Waals surface area contributed by atoms with Gasteiger partial charge in [-0.25, -0.2) is 13.3 Å². The van der Waals surface area contributed by atoms with Crippen LogP contribution in [0, 0.1) is 6.92 Å². The van der Waals surface area contributed by atoms with Crippen LogP contribution in [0.2, 0.25) is 0 Å². The van der Waals surface area contributed by atoms with Crippen molar-refractivity contribution in [1.29, 1.82) is 0 Å². The van der Waals surface area contributed by atoms with Gasteiger partial charge >= 0.3 is 6.09 Å². The molecule has 3 aromatic rings. The number of nitrogens with zero attached hydrogens (tertiary/aromatic N) is 2. The number of aryl methyl sites for hydroxylation is 1. The number of methoxy groups -OCH3 is 1. The number of amides is 1. The minimum atomic E-state index is -1.26. The molecule has 1 amide bonds. The van der Waals surface area contributed by atoms with Crippen molar-refractivity contribution in [3.63, 3.8) is 0 Å². The van der Waals surface area contributed by atoms with E-state index in [9.17, 15) is 9.00 Å². The van der Waals surface area contributed by atoms with E-state index in [1.807, 2.05) is 52.8 Å². The van der Waals surface area contributed by atoms with E-state index >= 15 is 0 Å². The zero-order chi connectivity index (χ0) is 22.2. The number of rotatable bonds is 4. The van der Waals surface area contributed by atoms with Gasteiger partial charge < -0.3 is 9.47 Å². The van der Waals surface area contributed by atoms with E-state index in [1.165, 1.54) is 5.56 Å². The fraction of sp³-hybridized carbons (Fsp3) is 0.320. The van der Waals surface area contributed by atoms with E-state index in [0.29, 0.717) is 31.7 Å². The standard InChI is InChI=1S/C25H26N2O4S/c1-17-10-11-23(21-8-4-3-7-20(17)21)32(29)26-14-12-19(13-15-26)27-24-18(16-31-25(27)28)6-5-9-22(24)30-2/h3-11,19H,12-16H2,1-2H3. The second-order valence-electron chi connectivity index (χ2n) is 8.23. The van der Waals surface area contributed by atoms with Gasteiger partial charge in [-0.3, -0.25) is 4.90 Å². The van der Waals surface area contributed by atoms with Crippen molar-refractivity contribution in [2.24, 2.45) is 0 Å². The summed E-state index contributed by atoms with van der Waals surface area (Å²) in [5, 5.41) is 2.17. The Morgan fingerprint density at radius 1 is 1.00 bits per heavy atom. The van der Waals surface area contributed by atoms with Crippen LogP contribution in [-0.4, -0.2) is 40.8 Å². The van der Waals surface area contributed by atoms with Crippen LogP contribution in [-0.2, 0) is 22.3 Å². The highest BCUT2D eigenvalue weighted by Crippen LogP contribution is 2.39. The van der Waals surface area contributed by atoms with Gasteiger partial charge in [0.05, 0.1) is 17.7 Å². The molecule has 166 valence electrons. The molecule has 0 spiro atoms. The Morgan fingerprint density at radius 3 is 2.50 bits per heavy atom. The minimum Gasteiger partial charge on any atom is -0.495 e. The number of ether oxygens (including phenoxy) is 2. The van der Waals surface area contributed by atoms with Crippen LogP contribution in [0.3, 0.4) is 0 Å². The van der Waals surface area contributed by atoms with Gasteiger partial charge in [0.15, 0.2) is 0 Å². The highest BCUT2D eigenvalue weighted by Gasteiger charge is 2.37. The highest BCUT2D eigenvalue weighted by atomic mass is 32.2. The molecule has 2 aliphatic rings. The van der Waals surface area contributed by atoms with Gasteiger partial charge in [-0.2, -0.15) is 0 Å². The van der Waals surface area contributed by atoms with Gasteiger partial charge in [0.25, 0.3) is 0 Å². The largest absolute Gasteiger partial charge is 0.495 e. The summed E-state index contributed by atoms with van der Waals surface area (Å²) in [6.07, 6.45) is 1.08. The summed E-state index contributed by atoms with van der Waals surface area (Å²) in [7, 11) is 0.358. The van der Waals surface area contributed by atoms with E-state index in [0.717, 1.165) is 26.9 Å². The number of hydrogen-bond acceptors (Lipinski definition) is 4. The number of hydrogen-bond donors (Lipinski definition) is 0. The second kappa shape index (κ2) is 8.56. The Kier molecular flexibility index (Phi) is 5.61. The number of benzene rings is 3. The molecular weight excluding hydrogens is 424 g/mol. The Balaban J connectivity index is 1.37. The van der Waals surface area contributed by atoms with Crippen LogP contribution >= 0.6 is 0 Å². The predicted molar refractivity (Wildman–Crippen MR) is 125 cm³/mol. The first-order valence-electron chi connectivity index (χ1n) is 10.9. The Bertz CT molecular complexity index is 1190. The second-order valence-corrected chi connectivity index (χ2v) is 9.68. The molecule has 2 heterocycles. The molecule has 0 saturated carbocycles. The fourth-order valence-corrected chi connectivity index (χ4v) is 6.11. The van der Waals surface area contributed by atoms with E-state index in [1.54, 1.807) is 12.0 Å². The molecule has 1 saturated heterocycles. The predicted octanol–water partition coefficient (Wildman–Crippen LogP) is 4.80. The van der Waals surface area contributed by atoms with Crippen molar-refractivity contribution in [2.45, 2.75) is 37.3 Å². The van der Waals surface area contributed by atoms with Crippen molar-refractivity contribution >= 4 is 33.5 Å². The summed E-state index contributed by atoms with van der Waals surface area (Å²) in [4.78, 5) is 15.3. The smallest absolute Gasteiger partial charge is 0.415 e. The van der Waals surface area contributed by atoms with Crippen LogP contribution in [0.4, 0.5) is 10.5 Å². The first kappa shape index (κ1) is 21.0. The lowest BCUT2D eigenvalue weighted by Crippen LogP contribution is -2.49. The molecule has 0 radical (unpaired) electrons. The Morgan fingerprint density at radius 2 is 1.75 bits per heavy atom. The van der Waals surface area contributed by atoms with Crippen molar-refractivity contribution in [1.82, 2.24) is 4.31 Å². The number of para-hydroxylation sites is 1. The third kappa shape index (κ3) is 3.55. The van der Waals surface area contributed by atoms with E-state index < -0.39 is 11.0 Å². The van der Waals surface area contributed by atoms with Crippen molar-refractivity contribution in [3.05, 3.63) is 65.7 Å². The van der Waals surface area contributed by atoms with Gasteiger partial charge in [0, 0.05) is 24.7 Å². The summed E-state index contributed by atoms with van der Waals surface area (Å²) in [5.74, 6) is 0.677. The van der Waals surface area contributed by atoms with Crippen LogP contribution in [0.5, 0.6) is 5.75 Å². The average Bonchev–Trinajstić information content (AvgIpc) is 2.84. The SMILES string of the molecule is COc1cccc2c1N(C1CCN(S(=O)c3ccc(C)c4ccccc34)CC1)C(=O)OC2. The van der Waals surface area contributed by atoms with Gasteiger partial charge in [0.1, 0.15) is 23.3 Å². The molecule has 0 aliphatic carbocycles. The number of carbonyl (C=O) groups is 1. The average molecular weight is 451 g/mol. The molecule has 6 nitrogen and oxygen atoms in total. The molecule has 5 rings (SSSR count). The number of piperidine rings is 1. The van der Waals surface area contributed by atoms with Crippen molar-refractivity contribution in [3.8, 4) is 5.75 Å². The normalized spacial score (nSPS) is 18.3. The van der Waals surface area contributed by atoms with Gasteiger partial charge in [0.2, 0.25) is 0 Å². The molecule has 1 fully saturated rings. The van der Waals surface area contributed by atoms with Gasteiger partial charge in [-0.15, -0.1) is 0 Å². The summed E-state index contributed by atoms with van der Waals surface area (Å²) in [5.41, 5.74) is 2.92. The number of anilines is 1. The third-order valence-corrected chi connectivity index (χ3v) is 7.97. The van der Waals surface area contributed by atoms with Gasteiger partial charge in [-0.1, -0.05) is 42.5 Å². The lowest BCUT2D eigenvalue weighted by atomic mass is 10.0. The molecule has 1 unspecified atom stereocenters. The van der Waals surface area contributed by atoms with Crippen molar-refractivity contribution < 1.29 is 18.5 Å². The van der Waals surface area contributed by atoms with Crippen molar-refractivity contribution in [2.75, 3.05) is 25.1 Å². The number of carbonyl (C=O) groups excluding carboxylic acids is 1. The van der Waals surface area contributed by atoms with E-state index in [-0.39, 0.29) is 18.7 Å². The Labute approximate surface area is 190 Å². The summed E-state index contributed by atoms with van der Waals surface area (Å²) < 4.78 is 26.5. The molecule has 2 aliphatic heterocycles. The zero-order valence-corrected chi connectivity index (χ0v) is 19.1. The third-order valence-electron chi connectivity index (χ3n) is 6.40. The molecule has 0 aromatic heterocycles. The topological polar surface area (TPSA) is 59.1 Å². The zero-order valence-electron chi connectivity index (χ0n) is 18.2. The summed E-state index contributed by atoms with van der Waals surface area (Å²) in [6, 6.07) is 17.8. The molecule has 0 N–H and O–H groups in total. The van der Waals surface area contributed by atoms with Crippen LogP contribution in [0.25, 0.3) is 10.8 Å². The van der Waals surface area contributed by atoms with Gasteiger partial charge in [-0.05, 0) is 48.2 Å². The van der Waals surface area contributed by atoms with Crippen LogP contribution in [0.15, 0.2) is 59.5 Å². The maximum Gasteiger partial charge on any atom is 0.415 e. The minimum absolute atomic E-state index is 0.0270. The molecule has 7 heteroatoms. The lowest BCUT2D eigenvalue weighted by Gasteiger charge is -2.40. The fourth-order valence-electron chi connectivity index (χ4n) is 4.73. The van der Waals surface area contributed by atoms with Crippen LogP contribution in [0.1, 0.15) is 24.0 Å². The van der Waals surface area contributed by atoms with Crippen LogP contribution < -0.4 is 9.64 Å². The molecule has 1 atom stereocenters. The summed E-state index contributed by atoms with van der Waals surface area (Å²) in [6.45, 7) is 3.59.